The number of carbonyl (C=O) groups is 2. The molecule has 2 atom stereocenters. The summed E-state index contributed by atoms with van der Waals surface area (Å²) in [5.41, 5.74) is 9.23. The van der Waals surface area contributed by atoms with Gasteiger partial charge in [-0.1, -0.05) is 0 Å². The highest BCUT2D eigenvalue weighted by Gasteiger charge is 2.37. The minimum Gasteiger partial charge on any atom is -0.368 e. The number of rotatable bonds is 4. The number of aromatic nitrogens is 2. The molecule has 0 aliphatic carbocycles. The topological polar surface area (TPSA) is 165 Å². The summed E-state index contributed by atoms with van der Waals surface area (Å²) in [6, 6.07) is 0. The number of hydrogen-bond donors (Lipinski definition) is 2. The largest absolute Gasteiger partial charge is 0.412 e. The summed E-state index contributed by atoms with van der Waals surface area (Å²) < 4.78 is 19.7. The molecular weight excluding hydrogens is 256 g/mol. The molecule has 0 aliphatic rings. The van der Waals surface area contributed by atoms with Crippen LogP contribution in [0.3, 0.4) is 0 Å². The molecule has 4 N–H and O–H groups in total. The molecule has 0 radical (unpaired) electrons. The van der Waals surface area contributed by atoms with Gasteiger partial charge < -0.3 is 21.4 Å². The molecule has 11 heteroatoms. The SMILES string of the molecule is CS(=O)C(C(N)=O)c1no[n+]([O-])c1OC(N)=O. The van der Waals surface area contributed by atoms with Gasteiger partial charge in [0, 0.05) is 22.2 Å². The van der Waals surface area contributed by atoms with E-state index in [1.807, 2.05) is 0 Å². The summed E-state index contributed by atoms with van der Waals surface area (Å²) >= 11 is 0. The molecule has 0 saturated heterocycles. The summed E-state index contributed by atoms with van der Waals surface area (Å²) in [6.45, 7) is 0. The van der Waals surface area contributed by atoms with E-state index in [0.717, 1.165) is 6.26 Å². The van der Waals surface area contributed by atoms with Gasteiger partial charge in [0.15, 0.2) is 5.25 Å². The van der Waals surface area contributed by atoms with Crippen molar-refractivity contribution in [3.05, 3.63) is 10.9 Å². The smallest absolute Gasteiger partial charge is 0.368 e. The van der Waals surface area contributed by atoms with E-state index in [9.17, 15) is 19.0 Å². The van der Waals surface area contributed by atoms with E-state index in [-0.39, 0.29) is 4.90 Å². The van der Waals surface area contributed by atoms with Crippen LogP contribution in [-0.4, -0.2) is 27.6 Å². The molecule has 2 amide bonds. The molecule has 94 valence electrons. The summed E-state index contributed by atoms with van der Waals surface area (Å²) in [5.74, 6) is -1.79. The van der Waals surface area contributed by atoms with E-state index in [1.54, 1.807) is 0 Å². The number of nitrogens with zero attached hydrogens (tertiary/aromatic N) is 2. The zero-order chi connectivity index (χ0) is 13.2. The quantitative estimate of drug-likeness (QED) is 0.575. The molecule has 0 spiro atoms. The van der Waals surface area contributed by atoms with E-state index in [4.69, 9.17) is 11.5 Å². The van der Waals surface area contributed by atoms with Gasteiger partial charge in [0.25, 0.3) is 5.69 Å². The Morgan fingerprint density at radius 3 is 2.59 bits per heavy atom. The first-order valence-electron chi connectivity index (χ1n) is 4.03. The summed E-state index contributed by atoms with van der Waals surface area (Å²) in [7, 11) is -1.78. The van der Waals surface area contributed by atoms with E-state index in [1.165, 1.54) is 0 Å². The average Bonchev–Trinajstić information content (AvgIpc) is 2.48. The van der Waals surface area contributed by atoms with Crippen LogP contribution in [0.2, 0.25) is 0 Å². The fourth-order valence-corrected chi connectivity index (χ4v) is 1.84. The summed E-state index contributed by atoms with van der Waals surface area (Å²) in [6.07, 6.45) is -0.156. The van der Waals surface area contributed by atoms with Crippen molar-refractivity contribution in [3.8, 4) is 5.88 Å². The molecule has 2 unspecified atom stereocenters. The fourth-order valence-electron chi connectivity index (χ4n) is 1.05. The molecule has 1 heterocycles. The second kappa shape index (κ2) is 4.78. The predicted molar refractivity (Wildman–Crippen MR) is 51.7 cm³/mol. The van der Waals surface area contributed by atoms with Gasteiger partial charge >= 0.3 is 12.0 Å². The van der Waals surface area contributed by atoms with Gasteiger partial charge in [-0.15, -0.1) is 0 Å². The maximum atomic E-state index is 11.3. The van der Waals surface area contributed by atoms with Gasteiger partial charge in [0.1, 0.15) is 0 Å². The lowest BCUT2D eigenvalue weighted by molar-refractivity contribution is -0.804. The highest BCUT2D eigenvalue weighted by atomic mass is 32.2. The van der Waals surface area contributed by atoms with E-state index in [2.05, 4.69) is 14.5 Å². The normalized spacial score (nSPS) is 13.9. The molecule has 0 bridgehead atoms. The molecular formula is C6H8N4O6S. The number of primary amides is 2. The number of amides is 2. The Hall–Kier alpha value is -2.17. The second-order valence-electron chi connectivity index (χ2n) is 2.82. The maximum Gasteiger partial charge on any atom is 0.412 e. The second-order valence-corrected chi connectivity index (χ2v) is 4.29. The standard InChI is InChI=1S/C6H8N4O6S/c1-17(14)3(4(7)11)2-5(15-6(8)12)10(13)16-9-2/h3H,1H3,(H2,7,11)(H2,8,12). The van der Waals surface area contributed by atoms with Crippen molar-refractivity contribution in [3.63, 3.8) is 0 Å². The van der Waals surface area contributed by atoms with Crippen LogP contribution < -0.4 is 21.1 Å². The van der Waals surface area contributed by atoms with Crippen LogP contribution in [0.15, 0.2) is 4.63 Å². The maximum absolute atomic E-state index is 11.3. The molecule has 1 rings (SSSR count). The molecule has 17 heavy (non-hydrogen) atoms. The van der Waals surface area contributed by atoms with Gasteiger partial charge in [-0.25, -0.2) is 4.79 Å². The summed E-state index contributed by atoms with van der Waals surface area (Å²) in [4.78, 5) is 21.3. The Morgan fingerprint density at radius 1 is 1.59 bits per heavy atom. The summed E-state index contributed by atoms with van der Waals surface area (Å²) in [5, 5.41) is 12.7. The first kappa shape index (κ1) is 12.9. The number of nitrogens with two attached hydrogens (primary N) is 2. The highest BCUT2D eigenvalue weighted by molar-refractivity contribution is 7.85. The Balaban J connectivity index is 3.24. The van der Waals surface area contributed by atoms with Crippen molar-refractivity contribution in [2.75, 3.05) is 6.26 Å². The third kappa shape index (κ3) is 2.69. The molecule has 1 aromatic heterocycles. The lowest BCUT2D eigenvalue weighted by Gasteiger charge is -2.04. The fraction of sp³-hybridized carbons (Fsp3) is 0.333. The van der Waals surface area contributed by atoms with Crippen molar-refractivity contribution >= 4 is 22.8 Å². The number of ether oxygens (including phenoxy) is 1. The Bertz CT molecular complexity index is 471. The third-order valence-corrected chi connectivity index (χ3v) is 2.75. The van der Waals surface area contributed by atoms with Crippen LogP contribution in [0.1, 0.15) is 10.9 Å². The zero-order valence-electron chi connectivity index (χ0n) is 8.48. The predicted octanol–water partition coefficient (Wildman–Crippen LogP) is -2.33. The van der Waals surface area contributed by atoms with Crippen molar-refractivity contribution in [2.24, 2.45) is 11.5 Å². The molecule has 0 aromatic carbocycles. The van der Waals surface area contributed by atoms with Gasteiger partial charge in [-0.2, -0.15) is 0 Å². The van der Waals surface area contributed by atoms with Crippen LogP contribution >= 0.6 is 0 Å². The van der Waals surface area contributed by atoms with Crippen molar-refractivity contribution in [1.82, 2.24) is 5.16 Å². The van der Waals surface area contributed by atoms with Crippen LogP contribution in [-0.2, 0) is 15.6 Å². The van der Waals surface area contributed by atoms with Crippen molar-refractivity contribution in [2.45, 2.75) is 5.25 Å². The minimum atomic E-state index is -1.78. The van der Waals surface area contributed by atoms with E-state index >= 15 is 0 Å². The minimum absolute atomic E-state index is 0.289. The van der Waals surface area contributed by atoms with Gasteiger partial charge in [-0.05, 0) is 4.90 Å². The molecule has 0 aliphatic heterocycles. The molecule has 0 saturated carbocycles. The van der Waals surface area contributed by atoms with Crippen molar-refractivity contribution < 1.29 is 28.1 Å². The Kier molecular flexibility index (Phi) is 3.62. The lowest BCUT2D eigenvalue weighted by Crippen LogP contribution is -2.32. The highest BCUT2D eigenvalue weighted by Crippen LogP contribution is 2.23. The van der Waals surface area contributed by atoms with Crippen LogP contribution in [0.4, 0.5) is 4.79 Å². The Labute approximate surface area is 96.5 Å². The Morgan fingerprint density at radius 2 is 2.18 bits per heavy atom. The van der Waals surface area contributed by atoms with Crippen LogP contribution in [0.25, 0.3) is 0 Å². The van der Waals surface area contributed by atoms with Gasteiger partial charge in [0.2, 0.25) is 5.91 Å². The monoisotopic (exact) mass is 264 g/mol. The zero-order valence-corrected chi connectivity index (χ0v) is 9.30. The average molecular weight is 264 g/mol. The molecule has 0 fully saturated rings. The van der Waals surface area contributed by atoms with Crippen LogP contribution in [0.5, 0.6) is 5.88 Å². The van der Waals surface area contributed by atoms with Crippen LogP contribution in [0, 0.1) is 5.21 Å². The lowest BCUT2D eigenvalue weighted by atomic mass is 10.3. The van der Waals surface area contributed by atoms with Gasteiger partial charge in [-0.3, -0.25) is 13.6 Å². The molecule has 1 aromatic rings. The van der Waals surface area contributed by atoms with E-state index in [0.29, 0.717) is 0 Å². The van der Waals surface area contributed by atoms with Crippen molar-refractivity contribution in [1.29, 1.82) is 0 Å². The first-order valence-corrected chi connectivity index (χ1v) is 5.65. The number of hydrogen-bond acceptors (Lipinski definition) is 7. The third-order valence-electron chi connectivity index (χ3n) is 1.63. The molecule has 10 nitrogen and oxygen atoms in total. The number of carbonyl (C=O) groups excluding carboxylic acids is 2. The van der Waals surface area contributed by atoms with E-state index < -0.39 is 39.6 Å². The first-order chi connectivity index (χ1) is 7.84. The van der Waals surface area contributed by atoms with Gasteiger partial charge in [0.05, 0.1) is 0 Å².